The molecule has 0 bridgehead atoms. The molecule has 16 rings (SSSR count). The molecular weight excluding hydrogens is 1100 g/mol. The lowest BCUT2D eigenvalue weighted by Crippen LogP contribution is -2.31. The molecule has 86 heavy (non-hydrogen) atoms. The van der Waals surface area contributed by atoms with Crippen molar-refractivity contribution >= 4 is 127 Å². The average Bonchev–Trinajstić information content (AvgIpc) is 1.56. The van der Waals surface area contributed by atoms with Gasteiger partial charge in [-0.2, -0.15) is 13.7 Å². The van der Waals surface area contributed by atoms with Gasteiger partial charge in [0, 0.05) is 93.3 Å². The van der Waals surface area contributed by atoms with E-state index in [4.69, 9.17) is 21.4 Å². The Morgan fingerprint density at radius 1 is 0.430 bits per heavy atom. The SMILES string of the molecule is Cc1ccccc1-c1c2sc3c4ccc(C5CCCCC5)cc4ccc3c2cc[n+]1C.[2H]C([2H])([2H])c1ccc(-c2c3sc4c5ccccc5c(C)nc4c3c(C([2H])([2H])[2H])c[n+]2C)c(C)c1.[2H]C([2H])([2H])c1ccc(-c2c3sc4c5ccccc5cnc4c3c(C([2H])([2H])[2H])c[n+]2C)c(C)c1. The van der Waals surface area contributed by atoms with Gasteiger partial charge in [-0.1, -0.05) is 152 Å². The van der Waals surface area contributed by atoms with Crippen LogP contribution in [0.25, 0.3) is 127 Å². The van der Waals surface area contributed by atoms with Crippen LogP contribution in [0.1, 0.15) is 105 Å². The predicted molar refractivity (Wildman–Crippen MR) is 370 cm³/mol. The van der Waals surface area contributed by atoms with Crippen LogP contribution in [0.15, 0.2) is 170 Å². The maximum absolute atomic E-state index is 8.23. The van der Waals surface area contributed by atoms with Gasteiger partial charge in [-0.15, -0.1) is 34.0 Å². The van der Waals surface area contributed by atoms with Gasteiger partial charge in [-0.05, 0) is 125 Å². The van der Waals surface area contributed by atoms with Crippen LogP contribution in [0, 0.1) is 55.1 Å². The van der Waals surface area contributed by atoms with E-state index in [1.807, 2.05) is 116 Å². The monoisotopic (exact) mass is 1190 g/mol. The summed E-state index contributed by atoms with van der Waals surface area (Å²) in [5.74, 6) is 0.753. The lowest BCUT2D eigenvalue weighted by Gasteiger charge is -2.22. The topological polar surface area (TPSA) is 37.4 Å². The molecule has 1 aliphatic rings. The first kappa shape index (κ1) is 43.4. The van der Waals surface area contributed by atoms with Gasteiger partial charge < -0.3 is 0 Å². The van der Waals surface area contributed by atoms with Gasteiger partial charge in [0.15, 0.2) is 18.6 Å². The first-order valence-corrected chi connectivity index (χ1v) is 31.8. The van der Waals surface area contributed by atoms with E-state index in [9.17, 15) is 0 Å². The Bertz CT molecular complexity index is 5730. The fourth-order valence-corrected chi connectivity index (χ4v) is 17.7. The van der Waals surface area contributed by atoms with Crippen LogP contribution in [0.5, 0.6) is 0 Å². The molecule has 1 fully saturated rings. The van der Waals surface area contributed by atoms with Crippen LogP contribution >= 0.6 is 34.0 Å². The van der Waals surface area contributed by atoms with Crippen LogP contribution in [0.2, 0.25) is 0 Å². The minimum Gasteiger partial charge on any atom is -0.254 e. The minimum atomic E-state index is -2.32. The number of benzene rings is 7. The van der Waals surface area contributed by atoms with Crippen LogP contribution in [-0.4, -0.2) is 9.97 Å². The Labute approximate surface area is 533 Å². The Kier molecular flexibility index (Phi) is 11.2. The summed E-state index contributed by atoms with van der Waals surface area (Å²) in [6.45, 7) is -1.07. The van der Waals surface area contributed by atoms with Crippen molar-refractivity contribution in [2.24, 2.45) is 21.1 Å². The molecule has 15 aromatic rings. The fourth-order valence-electron chi connectivity index (χ4n) is 13.4. The van der Waals surface area contributed by atoms with E-state index >= 15 is 0 Å². The second-order valence-electron chi connectivity index (χ2n) is 23.3. The van der Waals surface area contributed by atoms with Crippen molar-refractivity contribution in [1.82, 2.24) is 9.97 Å². The summed E-state index contributed by atoms with van der Waals surface area (Å²) in [5, 5.41) is 10.9. The van der Waals surface area contributed by atoms with Gasteiger partial charge in [-0.3, -0.25) is 9.97 Å². The summed E-state index contributed by atoms with van der Waals surface area (Å²) in [6.07, 6.45) is 14.2. The second kappa shape index (κ2) is 22.2. The van der Waals surface area contributed by atoms with Crippen molar-refractivity contribution in [2.45, 2.75) is 93.1 Å². The number of hydrogen-bond acceptors (Lipinski definition) is 5. The van der Waals surface area contributed by atoms with Crippen LogP contribution in [0.3, 0.4) is 0 Å². The molecule has 0 atom stereocenters. The van der Waals surface area contributed by atoms with Crippen LogP contribution < -0.4 is 13.7 Å². The standard InChI is InChI=1S/C29H28NS.C25H23N2S.C24H21N2S/c1-19-8-6-7-11-23(19)27-29-26(16-17-30(27)2)25-15-13-22-18-21(20-9-4-3-5-10-20)12-14-24(22)28(25)31-29;1-14-10-11-18(15(2)12-14)23-25-21(16(3)13-27(23)5)22-24(28-25)20-9-7-6-8-19(20)17(4)26-22;1-14-9-10-18(15(2)11-14)22-24-20(16(3)13-26(22)4)21-23(27-24)19-8-6-5-7-17(19)12-25-21/h6-8,11-18,20H,3-5,9-10H2,1-2H3;6-13H,1-5H3;5-13H,1-4H3/q3*+1/i;2*1D3,3D3. The first-order chi connectivity index (χ1) is 46.5. The third-order valence-corrected chi connectivity index (χ3v) is 21.4. The van der Waals surface area contributed by atoms with E-state index in [1.54, 1.807) is 48.4 Å². The van der Waals surface area contributed by atoms with Crippen molar-refractivity contribution < 1.29 is 30.2 Å². The molecule has 0 saturated heterocycles. The number of nitrogens with zero attached hydrogens (tertiary/aromatic N) is 5. The molecule has 5 nitrogen and oxygen atoms in total. The van der Waals surface area contributed by atoms with Crippen LogP contribution in [0.4, 0.5) is 0 Å². The van der Waals surface area contributed by atoms with Crippen LogP contribution in [-0.2, 0) is 21.1 Å². The van der Waals surface area contributed by atoms with Gasteiger partial charge in [-0.25, -0.2) is 0 Å². The molecule has 1 aliphatic carbocycles. The number of thiophene rings is 3. The van der Waals surface area contributed by atoms with E-state index < -0.39 is 27.4 Å². The maximum Gasteiger partial charge on any atom is 0.230 e. The molecule has 7 aromatic carbocycles. The minimum absolute atomic E-state index is 0.259. The van der Waals surface area contributed by atoms with Crippen molar-refractivity contribution in [1.29, 1.82) is 0 Å². The number of hydrogen-bond donors (Lipinski definition) is 0. The number of rotatable bonds is 4. The molecule has 1 saturated carbocycles. The molecule has 8 aromatic heterocycles. The highest BCUT2D eigenvalue weighted by Gasteiger charge is 2.27. The zero-order chi connectivity index (χ0) is 69.2. The second-order valence-corrected chi connectivity index (χ2v) is 26.4. The van der Waals surface area contributed by atoms with E-state index in [-0.39, 0.29) is 22.3 Å². The highest BCUT2D eigenvalue weighted by Crippen LogP contribution is 2.46. The molecular formula is C78H72N5S3+3. The Morgan fingerprint density at radius 3 is 1.64 bits per heavy atom. The Hall–Kier alpha value is -8.27. The Balaban J connectivity index is 0.000000126. The largest absolute Gasteiger partial charge is 0.254 e. The van der Waals surface area contributed by atoms with Crippen molar-refractivity contribution in [3.8, 4) is 33.8 Å². The average molecular weight is 1190 g/mol. The van der Waals surface area contributed by atoms with Crippen molar-refractivity contribution in [3.05, 3.63) is 221 Å². The third kappa shape index (κ3) is 9.52. The number of pyridine rings is 5. The van der Waals surface area contributed by atoms with E-state index in [0.29, 0.717) is 21.8 Å². The maximum atomic E-state index is 8.23. The van der Waals surface area contributed by atoms with Crippen molar-refractivity contribution in [3.63, 3.8) is 0 Å². The fraction of sp³-hybridized carbons (Fsp3) is 0.218. The molecule has 8 heteroatoms. The zero-order valence-electron chi connectivity index (χ0n) is 61.2. The predicted octanol–water partition coefficient (Wildman–Crippen LogP) is 20.4. The third-order valence-electron chi connectivity index (χ3n) is 17.7. The summed E-state index contributed by atoms with van der Waals surface area (Å²) >= 11 is 5.03. The number of fused-ring (bicyclic) bond motifs is 15. The molecule has 0 spiro atoms. The van der Waals surface area contributed by atoms with Gasteiger partial charge in [0.25, 0.3) is 0 Å². The molecule has 0 N–H and O–H groups in total. The van der Waals surface area contributed by atoms with Crippen molar-refractivity contribution in [2.75, 3.05) is 0 Å². The molecule has 8 heterocycles. The highest BCUT2D eigenvalue weighted by atomic mass is 32.1. The quantitative estimate of drug-likeness (QED) is 0.165. The molecule has 0 aliphatic heterocycles. The van der Waals surface area contributed by atoms with E-state index in [0.717, 1.165) is 85.6 Å². The van der Waals surface area contributed by atoms with Gasteiger partial charge in [0.1, 0.15) is 35.2 Å². The summed E-state index contributed by atoms with van der Waals surface area (Å²) in [7, 11) is 5.83. The smallest absolute Gasteiger partial charge is 0.230 e. The summed E-state index contributed by atoms with van der Waals surface area (Å²) in [5.41, 5.74) is 13.9. The number of aryl methyl sites for hydroxylation is 11. The lowest BCUT2D eigenvalue weighted by molar-refractivity contribution is -0.659. The van der Waals surface area contributed by atoms with Gasteiger partial charge >= 0.3 is 0 Å². The van der Waals surface area contributed by atoms with Gasteiger partial charge in [0.05, 0.1) is 37.1 Å². The molecule has 0 unspecified atom stereocenters. The number of aromatic nitrogens is 5. The normalized spacial score (nSPS) is 15.7. The first-order valence-electron chi connectivity index (χ1n) is 35.4. The lowest BCUT2D eigenvalue weighted by atomic mass is 9.83. The van der Waals surface area contributed by atoms with Gasteiger partial charge in [0.2, 0.25) is 17.1 Å². The summed E-state index contributed by atoms with van der Waals surface area (Å²) < 4.78 is 108. The summed E-state index contributed by atoms with van der Waals surface area (Å²) in [4.78, 5) is 9.56. The zero-order valence-corrected chi connectivity index (χ0v) is 51.7. The Morgan fingerprint density at radius 2 is 0.977 bits per heavy atom. The molecule has 0 radical (unpaired) electrons. The summed E-state index contributed by atoms with van der Waals surface area (Å²) in [6, 6.07) is 49.3. The molecule has 0 amide bonds. The van der Waals surface area contributed by atoms with E-state index in [2.05, 4.69) is 90.4 Å². The van der Waals surface area contributed by atoms with E-state index in [1.165, 1.54) is 103 Å². The molecule has 424 valence electrons. The highest BCUT2D eigenvalue weighted by molar-refractivity contribution is 7.28.